The molecule has 1 N–H and O–H groups in total. The normalized spacial score (nSPS) is 15.3. The zero-order valence-corrected chi connectivity index (χ0v) is 15.7. The maximum Gasteiger partial charge on any atom is 0.326 e. The van der Waals surface area contributed by atoms with Gasteiger partial charge in [0.25, 0.3) is 5.91 Å². The third-order valence-electron chi connectivity index (χ3n) is 5.13. The van der Waals surface area contributed by atoms with E-state index in [9.17, 15) is 9.59 Å². The first-order valence-corrected chi connectivity index (χ1v) is 9.28. The van der Waals surface area contributed by atoms with Crippen LogP contribution in [0.4, 0.5) is 0 Å². The maximum absolute atomic E-state index is 12.9. The Labute approximate surface area is 161 Å². The Kier molecular flexibility index (Phi) is 4.66. The molecule has 1 amide bonds. The summed E-state index contributed by atoms with van der Waals surface area (Å²) in [5.74, 6) is 0.415. The molecule has 1 aliphatic rings. The number of methoxy groups -OCH3 is 1. The van der Waals surface area contributed by atoms with E-state index in [0.717, 1.165) is 23.9 Å². The minimum atomic E-state index is -0.0995. The number of benzene rings is 2. The third-order valence-corrected chi connectivity index (χ3v) is 5.37. The van der Waals surface area contributed by atoms with Crippen LogP contribution >= 0.6 is 11.6 Å². The molecule has 27 heavy (non-hydrogen) atoms. The lowest BCUT2D eigenvalue weighted by Gasteiger charge is -2.33. The molecule has 0 unspecified atom stereocenters. The molecule has 1 aliphatic heterocycles. The Balaban J connectivity index is 1.54. The number of nitrogens with zero attached hydrogens (tertiary/aromatic N) is 2. The van der Waals surface area contributed by atoms with Crippen molar-refractivity contribution in [2.75, 3.05) is 20.2 Å². The van der Waals surface area contributed by atoms with E-state index in [1.54, 1.807) is 23.1 Å². The highest BCUT2D eigenvalue weighted by Crippen LogP contribution is 2.28. The standard InChI is InChI=1S/C20H20ClN3O3/c1-27-18-7-6-13(21)12-15(18)19(25)23-10-8-14(9-11-23)24-17-5-3-2-4-16(17)22-20(24)26/h2-7,12,14H,8-11H2,1H3,(H,22,26). The predicted octanol–water partition coefficient (Wildman–Crippen LogP) is 3.47. The van der Waals surface area contributed by atoms with Crippen LogP contribution in [0, 0.1) is 0 Å². The number of para-hydroxylation sites is 2. The number of carbonyl (C=O) groups is 1. The molecule has 1 aromatic heterocycles. The summed E-state index contributed by atoms with van der Waals surface area (Å²) in [6.07, 6.45) is 1.44. The molecule has 0 aliphatic carbocycles. The second kappa shape index (κ2) is 7.12. The molecule has 2 aromatic carbocycles. The smallest absolute Gasteiger partial charge is 0.326 e. The molecule has 1 saturated heterocycles. The van der Waals surface area contributed by atoms with Crippen molar-refractivity contribution >= 4 is 28.5 Å². The average Bonchev–Trinajstić information content (AvgIpc) is 3.03. The summed E-state index contributed by atoms with van der Waals surface area (Å²) < 4.78 is 7.12. The molecule has 7 heteroatoms. The topological polar surface area (TPSA) is 67.3 Å². The van der Waals surface area contributed by atoms with Gasteiger partial charge < -0.3 is 14.6 Å². The second-order valence-electron chi connectivity index (χ2n) is 6.69. The van der Waals surface area contributed by atoms with Gasteiger partial charge in [-0.25, -0.2) is 4.79 Å². The van der Waals surface area contributed by atoms with Crippen LogP contribution in [0.25, 0.3) is 11.0 Å². The summed E-state index contributed by atoms with van der Waals surface area (Å²) in [5, 5.41) is 0.499. The molecular weight excluding hydrogens is 366 g/mol. The van der Waals surface area contributed by atoms with Gasteiger partial charge in [-0.05, 0) is 43.2 Å². The number of amides is 1. The van der Waals surface area contributed by atoms with E-state index in [-0.39, 0.29) is 17.6 Å². The van der Waals surface area contributed by atoms with E-state index < -0.39 is 0 Å². The zero-order chi connectivity index (χ0) is 19.0. The molecule has 0 bridgehead atoms. The number of imidazole rings is 1. The van der Waals surface area contributed by atoms with E-state index in [0.29, 0.717) is 29.4 Å². The van der Waals surface area contributed by atoms with Gasteiger partial charge in [0.1, 0.15) is 5.75 Å². The number of rotatable bonds is 3. The number of hydrogen-bond acceptors (Lipinski definition) is 3. The maximum atomic E-state index is 12.9. The molecule has 2 heterocycles. The van der Waals surface area contributed by atoms with Crippen molar-refractivity contribution in [1.82, 2.24) is 14.5 Å². The lowest BCUT2D eigenvalue weighted by Crippen LogP contribution is -2.40. The molecule has 0 spiro atoms. The van der Waals surface area contributed by atoms with Gasteiger partial charge >= 0.3 is 5.69 Å². The van der Waals surface area contributed by atoms with E-state index in [4.69, 9.17) is 16.3 Å². The molecule has 0 atom stereocenters. The van der Waals surface area contributed by atoms with Crippen LogP contribution in [0.15, 0.2) is 47.3 Å². The van der Waals surface area contributed by atoms with Crippen LogP contribution in [-0.4, -0.2) is 40.6 Å². The first-order chi connectivity index (χ1) is 13.1. The zero-order valence-electron chi connectivity index (χ0n) is 14.9. The number of fused-ring (bicyclic) bond motifs is 1. The van der Waals surface area contributed by atoms with Gasteiger partial charge in [-0.1, -0.05) is 23.7 Å². The van der Waals surface area contributed by atoms with Crippen LogP contribution in [0.2, 0.25) is 5.02 Å². The Morgan fingerprint density at radius 3 is 2.67 bits per heavy atom. The van der Waals surface area contributed by atoms with E-state index in [1.807, 2.05) is 28.8 Å². The van der Waals surface area contributed by atoms with Gasteiger partial charge in [0, 0.05) is 24.2 Å². The number of aromatic amines is 1. The molecule has 1 fully saturated rings. The largest absolute Gasteiger partial charge is 0.496 e. The van der Waals surface area contributed by atoms with Crippen LogP contribution in [0.1, 0.15) is 29.2 Å². The summed E-state index contributed by atoms with van der Waals surface area (Å²) in [4.78, 5) is 30.0. The second-order valence-corrected chi connectivity index (χ2v) is 7.12. The van der Waals surface area contributed by atoms with Crippen LogP contribution in [0.3, 0.4) is 0 Å². The summed E-state index contributed by atoms with van der Waals surface area (Å²) in [5.41, 5.74) is 2.11. The van der Waals surface area contributed by atoms with Crippen molar-refractivity contribution in [2.45, 2.75) is 18.9 Å². The number of H-pyrrole nitrogens is 1. The first kappa shape index (κ1) is 17.7. The van der Waals surface area contributed by atoms with Gasteiger partial charge in [0.2, 0.25) is 0 Å². The Bertz CT molecular complexity index is 1050. The summed E-state index contributed by atoms with van der Waals surface area (Å²) >= 11 is 6.05. The predicted molar refractivity (Wildman–Crippen MR) is 105 cm³/mol. The highest BCUT2D eigenvalue weighted by molar-refractivity contribution is 6.31. The quantitative estimate of drug-likeness (QED) is 0.750. The molecule has 140 valence electrons. The van der Waals surface area contributed by atoms with Crippen LogP contribution < -0.4 is 10.4 Å². The number of likely N-dealkylation sites (tertiary alicyclic amines) is 1. The summed E-state index contributed by atoms with van der Waals surface area (Å²) in [6.45, 7) is 1.15. The highest BCUT2D eigenvalue weighted by Gasteiger charge is 2.28. The lowest BCUT2D eigenvalue weighted by atomic mass is 10.0. The van der Waals surface area contributed by atoms with E-state index in [2.05, 4.69) is 4.98 Å². The Morgan fingerprint density at radius 2 is 1.93 bits per heavy atom. The molecule has 3 aromatic rings. The third kappa shape index (κ3) is 3.21. The first-order valence-electron chi connectivity index (χ1n) is 8.90. The van der Waals surface area contributed by atoms with Crippen molar-refractivity contribution in [3.8, 4) is 5.75 Å². The number of aromatic nitrogens is 2. The van der Waals surface area contributed by atoms with Gasteiger partial charge in [0.15, 0.2) is 0 Å². The number of hydrogen-bond donors (Lipinski definition) is 1. The molecule has 0 saturated carbocycles. The van der Waals surface area contributed by atoms with Crippen molar-refractivity contribution in [1.29, 1.82) is 0 Å². The highest BCUT2D eigenvalue weighted by atomic mass is 35.5. The van der Waals surface area contributed by atoms with Crippen molar-refractivity contribution < 1.29 is 9.53 Å². The molecule has 0 radical (unpaired) electrons. The molecular formula is C20H20ClN3O3. The van der Waals surface area contributed by atoms with Gasteiger partial charge in [-0.3, -0.25) is 9.36 Å². The fraction of sp³-hybridized carbons (Fsp3) is 0.300. The molecule has 6 nitrogen and oxygen atoms in total. The SMILES string of the molecule is COc1ccc(Cl)cc1C(=O)N1CCC(n2c(=O)[nH]c3ccccc32)CC1. The minimum Gasteiger partial charge on any atom is -0.496 e. The number of carbonyl (C=O) groups excluding carboxylic acids is 1. The van der Waals surface area contributed by atoms with Crippen molar-refractivity contribution in [3.05, 3.63) is 63.5 Å². The fourth-order valence-corrected chi connectivity index (χ4v) is 3.95. The lowest BCUT2D eigenvalue weighted by molar-refractivity contribution is 0.0691. The average molecular weight is 386 g/mol. The number of nitrogens with one attached hydrogen (secondary N) is 1. The van der Waals surface area contributed by atoms with Crippen molar-refractivity contribution in [3.63, 3.8) is 0 Å². The number of piperidine rings is 1. The van der Waals surface area contributed by atoms with Gasteiger partial charge in [0.05, 0.1) is 23.7 Å². The van der Waals surface area contributed by atoms with Crippen LogP contribution in [-0.2, 0) is 0 Å². The summed E-state index contributed by atoms with van der Waals surface area (Å²) in [7, 11) is 1.54. The minimum absolute atomic E-state index is 0.0685. The van der Waals surface area contributed by atoms with E-state index >= 15 is 0 Å². The fourth-order valence-electron chi connectivity index (χ4n) is 3.78. The van der Waals surface area contributed by atoms with Gasteiger partial charge in [-0.15, -0.1) is 0 Å². The number of ether oxygens (including phenoxy) is 1. The Hall–Kier alpha value is -2.73. The monoisotopic (exact) mass is 385 g/mol. The van der Waals surface area contributed by atoms with E-state index in [1.165, 1.54) is 7.11 Å². The Morgan fingerprint density at radius 1 is 1.19 bits per heavy atom. The van der Waals surface area contributed by atoms with Crippen molar-refractivity contribution in [2.24, 2.45) is 0 Å². The summed E-state index contributed by atoms with van der Waals surface area (Å²) in [6, 6.07) is 12.8. The molecule has 4 rings (SSSR count). The number of halogens is 1. The van der Waals surface area contributed by atoms with Gasteiger partial charge in [-0.2, -0.15) is 0 Å². The van der Waals surface area contributed by atoms with Crippen LogP contribution in [0.5, 0.6) is 5.75 Å².